The van der Waals surface area contributed by atoms with Crippen LogP contribution in [0.5, 0.6) is 0 Å². The molecule has 1 N–H and O–H groups in total. The second-order valence-corrected chi connectivity index (χ2v) is 7.06. The molecule has 0 atom stereocenters. The number of benzene rings is 2. The first-order chi connectivity index (χ1) is 13.1. The van der Waals surface area contributed by atoms with Crippen molar-refractivity contribution in [2.75, 3.05) is 19.6 Å². The van der Waals surface area contributed by atoms with E-state index in [2.05, 4.69) is 17.4 Å². The van der Waals surface area contributed by atoms with E-state index in [4.69, 9.17) is 0 Å². The largest absolute Gasteiger partial charge is 0.347 e. The summed E-state index contributed by atoms with van der Waals surface area (Å²) < 4.78 is 12.9. The first-order valence-electron chi connectivity index (χ1n) is 9.47. The lowest BCUT2D eigenvalue weighted by Crippen LogP contribution is -2.47. The molecule has 0 spiro atoms. The van der Waals surface area contributed by atoms with Crippen molar-refractivity contribution < 1.29 is 14.0 Å². The molecule has 27 heavy (non-hydrogen) atoms. The van der Waals surface area contributed by atoms with Crippen LogP contribution >= 0.6 is 0 Å². The maximum atomic E-state index is 12.9. The highest BCUT2D eigenvalue weighted by Gasteiger charge is 2.26. The number of hydrogen-bond donors (Lipinski definition) is 1. The van der Waals surface area contributed by atoms with Gasteiger partial charge in [-0.05, 0) is 54.9 Å². The van der Waals surface area contributed by atoms with Crippen LogP contribution in [0.1, 0.15) is 24.0 Å². The van der Waals surface area contributed by atoms with E-state index in [1.807, 2.05) is 18.2 Å². The minimum absolute atomic E-state index is 0.284. The normalized spacial score (nSPS) is 14.8. The molecule has 0 unspecified atom stereocenters. The van der Waals surface area contributed by atoms with Gasteiger partial charge in [-0.15, -0.1) is 0 Å². The number of hydrogen-bond acceptors (Lipinski definition) is 2. The highest BCUT2D eigenvalue weighted by atomic mass is 19.1. The number of likely N-dealkylation sites (tertiary alicyclic amines) is 1. The van der Waals surface area contributed by atoms with Crippen molar-refractivity contribution in [1.82, 2.24) is 10.2 Å². The van der Waals surface area contributed by atoms with E-state index in [0.717, 1.165) is 24.8 Å². The first kappa shape index (κ1) is 19.1. The van der Waals surface area contributed by atoms with Crippen LogP contribution in [-0.2, 0) is 22.4 Å². The summed E-state index contributed by atoms with van der Waals surface area (Å²) in [6.07, 6.45) is 3.43. The van der Waals surface area contributed by atoms with Crippen LogP contribution in [0, 0.1) is 11.7 Å². The second kappa shape index (κ2) is 9.31. The average molecular weight is 368 g/mol. The quantitative estimate of drug-likeness (QED) is 0.825. The Hall–Kier alpha value is -2.69. The summed E-state index contributed by atoms with van der Waals surface area (Å²) in [6.45, 7) is 1.62. The molecule has 1 aliphatic rings. The van der Waals surface area contributed by atoms with Gasteiger partial charge in [-0.3, -0.25) is 9.59 Å². The van der Waals surface area contributed by atoms with Gasteiger partial charge < -0.3 is 10.2 Å². The zero-order valence-electron chi connectivity index (χ0n) is 15.4. The molecule has 0 aliphatic carbocycles. The lowest BCUT2D eigenvalue weighted by molar-refractivity contribution is -0.146. The minimum atomic E-state index is -0.557. The van der Waals surface area contributed by atoms with E-state index in [1.165, 1.54) is 17.7 Å². The Labute approximate surface area is 159 Å². The Morgan fingerprint density at radius 3 is 2.30 bits per heavy atom. The van der Waals surface area contributed by atoms with Gasteiger partial charge in [-0.1, -0.05) is 42.5 Å². The second-order valence-electron chi connectivity index (χ2n) is 7.06. The fourth-order valence-electron chi connectivity index (χ4n) is 3.48. The van der Waals surface area contributed by atoms with Crippen molar-refractivity contribution in [2.24, 2.45) is 5.92 Å². The number of carbonyl (C=O) groups excluding carboxylic acids is 2. The molecule has 4 nitrogen and oxygen atoms in total. The van der Waals surface area contributed by atoms with Gasteiger partial charge in [0.25, 0.3) is 0 Å². The van der Waals surface area contributed by atoms with E-state index >= 15 is 0 Å². The predicted molar refractivity (Wildman–Crippen MR) is 103 cm³/mol. The van der Waals surface area contributed by atoms with Crippen LogP contribution in [0.2, 0.25) is 0 Å². The molecule has 1 saturated heterocycles. The monoisotopic (exact) mass is 368 g/mol. The molecule has 142 valence electrons. The molecule has 0 radical (unpaired) electrons. The molecule has 5 heteroatoms. The highest BCUT2D eigenvalue weighted by Crippen LogP contribution is 2.21. The molecule has 0 saturated carbocycles. The number of carbonyl (C=O) groups is 2. The maximum Gasteiger partial charge on any atom is 0.311 e. The SMILES string of the molecule is O=C(NCCc1ccc(F)cc1)C(=O)N1CCC(Cc2ccccc2)CC1. The van der Waals surface area contributed by atoms with Crippen molar-refractivity contribution in [3.05, 3.63) is 71.5 Å². The number of halogens is 1. The Kier molecular flexibility index (Phi) is 6.58. The van der Waals surface area contributed by atoms with Crippen molar-refractivity contribution >= 4 is 11.8 Å². The number of piperidine rings is 1. The third-order valence-corrected chi connectivity index (χ3v) is 5.08. The Balaban J connectivity index is 1.39. The van der Waals surface area contributed by atoms with Gasteiger partial charge in [-0.25, -0.2) is 4.39 Å². The summed E-state index contributed by atoms with van der Waals surface area (Å²) in [5.41, 5.74) is 2.24. The average Bonchev–Trinajstić information content (AvgIpc) is 2.70. The van der Waals surface area contributed by atoms with Crippen molar-refractivity contribution in [3.8, 4) is 0 Å². The topological polar surface area (TPSA) is 49.4 Å². The van der Waals surface area contributed by atoms with Gasteiger partial charge >= 0.3 is 11.8 Å². The van der Waals surface area contributed by atoms with Gasteiger partial charge in [0.1, 0.15) is 5.82 Å². The van der Waals surface area contributed by atoms with Crippen molar-refractivity contribution in [1.29, 1.82) is 0 Å². The molecule has 2 aromatic carbocycles. The molecule has 1 fully saturated rings. The number of amides is 2. The van der Waals surface area contributed by atoms with E-state index in [0.29, 0.717) is 32.0 Å². The lowest BCUT2D eigenvalue weighted by Gasteiger charge is -2.31. The molecule has 1 heterocycles. The predicted octanol–water partition coefficient (Wildman–Crippen LogP) is 2.97. The molecule has 3 rings (SSSR count). The van der Waals surface area contributed by atoms with Crippen LogP contribution in [0.15, 0.2) is 54.6 Å². The summed E-state index contributed by atoms with van der Waals surface area (Å²) in [7, 11) is 0. The molecule has 2 aromatic rings. The smallest absolute Gasteiger partial charge is 0.311 e. The molecular weight excluding hydrogens is 343 g/mol. The minimum Gasteiger partial charge on any atom is -0.347 e. The van der Waals surface area contributed by atoms with E-state index in [-0.39, 0.29) is 5.82 Å². The van der Waals surface area contributed by atoms with Crippen LogP contribution in [0.4, 0.5) is 4.39 Å². The fourth-order valence-corrected chi connectivity index (χ4v) is 3.48. The Bertz CT molecular complexity index is 754. The molecule has 0 bridgehead atoms. The zero-order valence-corrected chi connectivity index (χ0v) is 15.4. The lowest BCUT2D eigenvalue weighted by atomic mass is 9.90. The third kappa shape index (κ3) is 5.64. The van der Waals surface area contributed by atoms with E-state index < -0.39 is 11.8 Å². The Morgan fingerprint density at radius 1 is 0.963 bits per heavy atom. The highest BCUT2D eigenvalue weighted by molar-refractivity contribution is 6.35. The summed E-state index contributed by atoms with van der Waals surface area (Å²) >= 11 is 0. The van der Waals surface area contributed by atoms with Crippen LogP contribution in [0.3, 0.4) is 0 Å². The number of rotatable bonds is 5. The van der Waals surface area contributed by atoms with Crippen molar-refractivity contribution in [2.45, 2.75) is 25.7 Å². The fraction of sp³-hybridized carbons (Fsp3) is 0.364. The first-order valence-corrected chi connectivity index (χ1v) is 9.47. The van der Waals surface area contributed by atoms with Crippen LogP contribution < -0.4 is 5.32 Å². The maximum absolute atomic E-state index is 12.9. The summed E-state index contributed by atoms with van der Waals surface area (Å²) in [6, 6.07) is 16.5. The van der Waals surface area contributed by atoms with Gasteiger partial charge in [0, 0.05) is 19.6 Å². The number of nitrogens with one attached hydrogen (secondary N) is 1. The van der Waals surface area contributed by atoms with Gasteiger partial charge in [0.2, 0.25) is 0 Å². The molecular formula is C22H25FN2O2. The molecule has 2 amide bonds. The van der Waals surface area contributed by atoms with Gasteiger partial charge in [0.05, 0.1) is 0 Å². The van der Waals surface area contributed by atoms with Crippen LogP contribution in [0.25, 0.3) is 0 Å². The summed E-state index contributed by atoms with van der Waals surface area (Å²) in [4.78, 5) is 26.1. The van der Waals surface area contributed by atoms with E-state index in [9.17, 15) is 14.0 Å². The molecule has 1 aliphatic heterocycles. The van der Waals surface area contributed by atoms with E-state index in [1.54, 1.807) is 17.0 Å². The zero-order chi connectivity index (χ0) is 19.1. The van der Waals surface area contributed by atoms with Crippen LogP contribution in [-0.4, -0.2) is 36.3 Å². The summed E-state index contributed by atoms with van der Waals surface area (Å²) in [5, 5.41) is 2.67. The van der Waals surface area contributed by atoms with Gasteiger partial charge in [-0.2, -0.15) is 0 Å². The standard InChI is InChI=1S/C22H25FN2O2/c23-20-8-6-17(7-9-20)10-13-24-21(26)22(27)25-14-11-19(12-15-25)16-18-4-2-1-3-5-18/h1-9,19H,10-16H2,(H,24,26). The third-order valence-electron chi connectivity index (χ3n) is 5.08. The Morgan fingerprint density at radius 2 is 1.63 bits per heavy atom. The molecule has 0 aromatic heterocycles. The van der Waals surface area contributed by atoms with Crippen molar-refractivity contribution in [3.63, 3.8) is 0 Å². The summed E-state index contributed by atoms with van der Waals surface area (Å²) in [5.74, 6) is -0.738. The number of nitrogens with zero attached hydrogens (tertiary/aromatic N) is 1. The van der Waals surface area contributed by atoms with Gasteiger partial charge in [0.15, 0.2) is 0 Å².